The van der Waals surface area contributed by atoms with Crippen LogP contribution < -0.4 is 4.74 Å². The van der Waals surface area contributed by atoms with Gasteiger partial charge in [0.05, 0.1) is 25.1 Å². The molecule has 1 aromatic heterocycles. The molecule has 0 amide bonds. The third kappa shape index (κ3) is 2.77. The predicted molar refractivity (Wildman–Crippen MR) is 74.7 cm³/mol. The second-order valence-corrected chi connectivity index (χ2v) is 4.13. The molecule has 0 saturated heterocycles. The van der Waals surface area contributed by atoms with Crippen LogP contribution in [-0.4, -0.2) is 29.7 Å². The molecule has 0 fully saturated rings. The van der Waals surface area contributed by atoms with Gasteiger partial charge in [0, 0.05) is 5.56 Å². The Morgan fingerprint density at radius 1 is 1.20 bits per heavy atom. The lowest BCUT2D eigenvalue weighted by Crippen LogP contribution is -2.11. The normalized spacial score (nSPS) is 10.2. The molecule has 20 heavy (non-hydrogen) atoms. The lowest BCUT2D eigenvalue weighted by atomic mass is 10.0. The molecule has 0 aliphatic rings. The Balaban J connectivity index is 2.49. The first-order chi connectivity index (χ1) is 9.67. The Labute approximate surface area is 117 Å². The Morgan fingerprint density at radius 3 is 2.50 bits per heavy atom. The van der Waals surface area contributed by atoms with E-state index in [2.05, 4.69) is 9.97 Å². The number of hydrogen-bond acceptors (Lipinski definition) is 5. The van der Waals surface area contributed by atoms with E-state index in [1.165, 1.54) is 6.33 Å². The number of aryl methyl sites for hydroxylation is 1. The molecular formula is C15H16N2O3. The summed E-state index contributed by atoms with van der Waals surface area (Å²) in [6, 6.07) is 7.34. The summed E-state index contributed by atoms with van der Waals surface area (Å²) >= 11 is 0. The average Bonchev–Trinajstić information content (AvgIpc) is 2.47. The first kappa shape index (κ1) is 14.0. The SMILES string of the molecule is CCOC(=O)c1c(C)ncnc1-c1ccc(OC)cc1. The first-order valence-corrected chi connectivity index (χ1v) is 6.30. The van der Waals surface area contributed by atoms with Crippen LogP contribution in [0.3, 0.4) is 0 Å². The average molecular weight is 272 g/mol. The number of esters is 1. The molecule has 0 saturated carbocycles. The topological polar surface area (TPSA) is 61.3 Å². The Bertz CT molecular complexity index is 609. The number of carbonyl (C=O) groups is 1. The zero-order valence-corrected chi connectivity index (χ0v) is 11.7. The van der Waals surface area contributed by atoms with Gasteiger partial charge in [0.2, 0.25) is 0 Å². The molecule has 0 spiro atoms. The van der Waals surface area contributed by atoms with Gasteiger partial charge in [-0.3, -0.25) is 0 Å². The molecule has 0 aliphatic carbocycles. The lowest BCUT2D eigenvalue weighted by molar-refractivity contribution is 0.0525. The number of benzene rings is 1. The molecule has 5 nitrogen and oxygen atoms in total. The molecule has 104 valence electrons. The highest BCUT2D eigenvalue weighted by atomic mass is 16.5. The van der Waals surface area contributed by atoms with Gasteiger partial charge in [0.25, 0.3) is 0 Å². The van der Waals surface area contributed by atoms with Crippen molar-refractivity contribution < 1.29 is 14.3 Å². The second kappa shape index (κ2) is 6.14. The second-order valence-electron chi connectivity index (χ2n) is 4.13. The monoisotopic (exact) mass is 272 g/mol. The van der Waals surface area contributed by atoms with Gasteiger partial charge in [-0.2, -0.15) is 0 Å². The standard InChI is InChI=1S/C15H16N2O3/c1-4-20-15(18)13-10(2)16-9-17-14(13)11-5-7-12(19-3)8-6-11/h5-9H,4H2,1-3H3. The van der Waals surface area contributed by atoms with Gasteiger partial charge >= 0.3 is 5.97 Å². The number of aromatic nitrogens is 2. The number of carbonyl (C=O) groups excluding carboxylic acids is 1. The maximum absolute atomic E-state index is 12.1. The van der Waals surface area contributed by atoms with E-state index in [1.807, 2.05) is 24.3 Å². The molecule has 1 heterocycles. The van der Waals surface area contributed by atoms with Crippen molar-refractivity contribution in [1.29, 1.82) is 0 Å². The third-order valence-corrected chi connectivity index (χ3v) is 2.88. The molecule has 0 N–H and O–H groups in total. The van der Waals surface area contributed by atoms with Crippen molar-refractivity contribution in [3.63, 3.8) is 0 Å². The Hall–Kier alpha value is -2.43. The van der Waals surface area contributed by atoms with Crippen LogP contribution in [0.15, 0.2) is 30.6 Å². The first-order valence-electron chi connectivity index (χ1n) is 6.30. The molecule has 0 atom stereocenters. The van der Waals surface area contributed by atoms with Gasteiger partial charge in [-0.25, -0.2) is 14.8 Å². The van der Waals surface area contributed by atoms with Crippen LogP contribution in [0.4, 0.5) is 0 Å². The van der Waals surface area contributed by atoms with Crippen molar-refractivity contribution in [2.24, 2.45) is 0 Å². The van der Waals surface area contributed by atoms with E-state index in [9.17, 15) is 4.79 Å². The van der Waals surface area contributed by atoms with Crippen LogP contribution in [0, 0.1) is 6.92 Å². The molecule has 2 rings (SSSR count). The predicted octanol–water partition coefficient (Wildman–Crippen LogP) is 2.64. The number of methoxy groups -OCH3 is 1. The molecule has 0 unspecified atom stereocenters. The summed E-state index contributed by atoms with van der Waals surface area (Å²) in [7, 11) is 1.61. The fourth-order valence-corrected chi connectivity index (χ4v) is 1.89. The number of nitrogens with zero attached hydrogens (tertiary/aromatic N) is 2. The molecule has 1 aromatic carbocycles. The van der Waals surface area contributed by atoms with E-state index in [0.29, 0.717) is 23.6 Å². The number of ether oxygens (including phenoxy) is 2. The highest BCUT2D eigenvalue weighted by Crippen LogP contribution is 2.25. The van der Waals surface area contributed by atoms with E-state index in [0.717, 1.165) is 11.3 Å². The highest BCUT2D eigenvalue weighted by molar-refractivity contribution is 5.97. The molecule has 0 bridgehead atoms. The summed E-state index contributed by atoms with van der Waals surface area (Å²) in [5.74, 6) is 0.341. The lowest BCUT2D eigenvalue weighted by Gasteiger charge is -2.10. The van der Waals surface area contributed by atoms with Crippen LogP contribution in [0.2, 0.25) is 0 Å². The minimum Gasteiger partial charge on any atom is -0.497 e. The summed E-state index contributed by atoms with van der Waals surface area (Å²) in [6.45, 7) is 3.85. The maximum atomic E-state index is 12.1. The molecule has 5 heteroatoms. The van der Waals surface area contributed by atoms with Crippen molar-refractivity contribution in [3.05, 3.63) is 41.9 Å². The minimum atomic E-state index is -0.406. The highest BCUT2D eigenvalue weighted by Gasteiger charge is 2.18. The summed E-state index contributed by atoms with van der Waals surface area (Å²) in [6.07, 6.45) is 1.44. The fraction of sp³-hybridized carbons (Fsp3) is 0.267. The Morgan fingerprint density at radius 2 is 1.90 bits per heavy atom. The van der Waals surface area contributed by atoms with Gasteiger partial charge in [-0.05, 0) is 38.1 Å². The smallest absolute Gasteiger partial charge is 0.342 e. The van der Waals surface area contributed by atoms with Gasteiger partial charge in [0.1, 0.15) is 17.6 Å². The summed E-state index contributed by atoms with van der Waals surface area (Å²) in [5.41, 5.74) is 2.39. The van der Waals surface area contributed by atoms with Crippen molar-refractivity contribution >= 4 is 5.97 Å². The largest absolute Gasteiger partial charge is 0.497 e. The van der Waals surface area contributed by atoms with Crippen LogP contribution in [0.25, 0.3) is 11.3 Å². The number of rotatable bonds is 4. The van der Waals surface area contributed by atoms with Crippen LogP contribution in [0.5, 0.6) is 5.75 Å². The van der Waals surface area contributed by atoms with Crippen molar-refractivity contribution in [3.8, 4) is 17.0 Å². The molecule has 0 aliphatic heterocycles. The number of hydrogen-bond donors (Lipinski definition) is 0. The Kier molecular flexibility index (Phi) is 4.30. The van der Waals surface area contributed by atoms with E-state index >= 15 is 0 Å². The zero-order chi connectivity index (χ0) is 14.5. The third-order valence-electron chi connectivity index (χ3n) is 2.88. The quantitative estimate of drug-likeness (QED) is 0.801. The molecule has 2 aromatic rings. The summed E-state index contributed by atoms with van der Waals surface area (Å²) in [5, 5.41) is 0. The van der Waals surface area contributed by atoms with Gasteiger partial charge in [-0.1, -0.05) is 0 Å². The fourth-order valence-electron chi connectivity index (χ4n) is 1.89. The molecular weight excluding hydrogens is 256 g/mol. The maximum Gasteiger partial charge on any atom is 0.342 e. The van der Waals surface area contributed by atoms with Gasteiger partial charge in [-0.15, -0.1) is 0 Å². The summed E-state index contributed by atoms with van der Waals surface area (Å²) in [4.78, 5) is 20.3. The summed E-state index contributed by atoms with van der Waals surface area (Å²) < 4.78 is 10.2. The van der Waals surface area contributed by atoms with Crippen LogP contribution >= 0.6 is 0 Å². The zero-order valence-electron chi connectivity index (χ0n) is 11.7. The van der Waals surface area contributed by atoms with Crippen molar-refractivity contribution in [1.82, 2.24) is 9.97 Å². The van der Waals surface area contributed by atoms with E-state index in [4.69, 9.17) is 9.47 Å². The van der Waals surface area contributed by atoms with Gasteiger partial charge in [0.15, 0.2) is 0 Å². The van der Waals surface area contributed by atoms with E-state index in [-0.39, 0.29) is 0 Å². The van der Waals surface area contributed by atoms with E-state index in [1.54, 1.807) is 21.0 Å². The van der Waals surface area contributed by atoms with Crippen molar-refractivity contribution in [2.75, 3.05) is 13.7 Å². The van der Waals surface area contributed by atoms with Crippen LogP contribution in [0.1, 0.15) is 23.0 Å². The van der Waals surface area contributed by atoms with E-state index < -0.39 is 5.97 Å². The molecule has 0 radical (unpaired) electrons. The van der Waals surface area contributed by atoms with Gasteiger partial charge < -0.3 is 9.47 Å². The minimum absolute atomic E-state index is 0.315. The van der Waals surface area contributed by atoms with Crippen LogP contribution in [-0.2, 0) is 4.74 Å². The van der Waals surface area contributed by atoms with Crippen molar-refractivity contribution in [2.45, 2.75) is 13.8 Å².